The molecule has 3 saturated carbocycles. The third-order valence-corrected chi connectivity index (χ3v) is 16.4. The fourth-order valence-corrected chi connectivity index (χ4v) is 12.6. The van der Waals surface area contributed by atoms with E-state index in [-0.39, 0.29) is 20.1 Å². The summed E-state index contributed by atoms with van der Waals surface area (Å²) in [5, 5.41) is 3.75. The zero-order chi connectivity index (χ0) is 44.8. The Morgan fingerprint density at radius 1 is 0.712 bits per heavy atom. The molecule has 337 valence electrons. The molecule has 66 heavy (non-hydrogen) atoms. The molecule has 1 radical (unpaired) electrons. The molecule has 2 bridgehead atoms. The Hall–Kier alpha value is -5.39. The van der Waals surface area contributed by atoms with Gasteiger partial charge in [0, 0.05) is 37.4 Å². The first-order valence-electron chi connectivity index (χ1n) is 24.0. The van der Waals surface area contributed by atoms with Crippen LogP contribution in [0.2, 0.25) is 19.6 Å². The minimum atomic E-state index is -1.38. The number of furan rings is 1. The Morgan fingerprint density at radius 3 is 2.09 bits per heavy atom. The molecule has 3 aliphatic rings. The standard InChI is InChI=1S/C37H31N2O.C23H30NSi.Ir/c1-23(2)30-21-26(25-13-6-5-7-14-25)22-31(24(3)4)35(30)39-33-19-10-9-18-32(33)38-37(39)29-17-12-16-28-27-15-8-11-20-34(27)40-36(28)29;1-25(2,3)23-16-24-22(19-7-5-4-6-8-19)15-21(23)14-20-13-17-9-11-18(20)12-10-17;/h5-16,18-24H,1-4H3;4-7,15-18,20H,9-14H2,1-3H3;/q2*-1;. The smallest absolute Gasteiger partial charge is 0.120 e. The van der Waals surface area contributed by atoms with Crippen LogP contribution in [0.15, 0.2) is 144 Å². The number of rotatable bonds is 9. The van der Waals surface area contributed by atoms with Crippen molar-refractivity contribution in [3.8, 4) is 39.5 Å². The molecule has 3 heterocycles. The van der Waals surface area contributed by atoms with Crippen molar-refractivity contribution in [2.75, 3.05) is 0 Å². The summed E-state index contributed by atoms with van der Waals surface area (Å²) in [6.45, 7) is 16.5. The van der Waals surface area contributed by atoms with Gasteiger partial charge in [-0.2, -0.15) is 0 Å². The minimum absolute atomic E-state index is 0. The first kappa shape index (κ1) is 45.7. The second-order valence-electron chi connectivity index (χ2n) is 20.4. The summed E-state index contributed by atoms with van der Waals surface area (Å²) in [5.74, 6) is 4.33. The molecule has 4 nitrogen and oxygen atoms in total. The van der Waals surface area contributed by atoms with Gasteiger partial charge < -0.3 is 14.0 Å². The maximum atomic E-state index is 6.47. The van der Waals surface area contributed by atoms with Crippen LogP contribution in [0.3, 0.4) is 0 Å². The zero-order valence-electron chi connectivity index (χ0n) is 39.5. The molecule has 0 amide bonds. The van der Waals surface area contributed by atoms with Gasteiger partial charge in [0.1, 0.15) is 5.58 Å². The number of nitrogens with zero attached hydrogens (tertiary/aromatic N) is 3. The van der Waals surface area contributed by atoms with Gasteiger partial charge in [0.25, 0.3) is 0 Å². The van der Waals surface area contributed by atoms with E-state index in [0.717, 1.165) is 73.4 Å². The van der Waals surface area contributed by atoms with E-state index in [9.17, 15) is 0 Å². The monoisotopic (exact) mass is 1060 g/mol. The Kier molecular flexibility index (Phi) is 13.2. The van der Waals surface area contributed by atoms with Crippen molar-refractivity contribution in [3.05, 3.63) is 168 Å². The maximum Gasteiger partial charge on any atom is 0.120 e. The average molecular weight is 1060 g/mol. The number of para-hydroxylation sites is 3. The Morgan fingerprint density at radius 2 is 1.41 bits per heavy atom. The largest absolute Gasteiger partial charge is 0.501 e. The molecular weight excluding hydrogens is 999 g/mol. The number of hydrogen-bond acceptors (Lipinski definition) is 3. The van der Waals surface area contributed by atoms with Crippen LogP contribution in [-0.4, -0.2) is 22.6 Å². The summed E-state index contributed by atoms with van der Waals surface area (Å²) >= 11 is 0. The fraction of sp³-hybridized carbons (Fsp3) is 0.300. The molecule has 12 rings (SSSR count). The molecular formula is C60H61IrN3OSi-2. The van der Waals surface area contributed by atoms with Gasteiger partial charge in [-0.15, -0.1) is 54.1 Å². The summed E-state index contributed by atoms with van der Waals surface area (Å²) in [6.07, 6.45) is 10.8. The van der Waals surface area contributed by atoms with Crippen LogP contribution < -0.4 is 5.19 Å². The van der Waals surface area contributed by atoms with Gasteiger partial charge >= 0.3 is 0 Å². The van der Waals surface area contributed by atoms with E-state index in [1.54, 1.807) is 10.8 Å². The average Bonchev–Trinajstić information content (AvgIpc) is 3.91. The van der Waals surface area contributed by atoms with E-state index < -0.39 is 8.07 Å². The summed E-state index contributed by atoms with van der Waals surface area (Å²) in [4.78, 5) is 10.1. The summed E-state index contributed by atoms with van der Waals surface area (Å²) in [7, 11) is -1.38. The van der Waals surface area contributed by atoms with E-state index in [4.69, 9.17) is 14.4 Å². The van der Waals surface area contributed by atoms with E-state index >= 15 is 0 Å². The molecule has 6 heteroatoms. The van der Waals surface area contributed by atoms with Crippen molar-refractivity contribution in [1.29, 1.82) is 0 Å². The van der Waals surface area contributed by atoms with E-state index in [1.165, 1.54) is 66.5 Å². The number of hydrogen-bond donors (Lipinski definition) is 0. The van der Waals surface area contributed by atoms with Crippen molar-refractivity contribution in [3.63, 3.8) is 0 Å². The molecule has 3 aromatic heterocycles. The quantitative estimate of drug-likeness (QED) is 0.107. The molecule has 1 unspecified atom stereocenters. The predicted octanol–water partition coefficient (Wildman–Crippen LogP) is 15.8. The second-order valence-corrected chi connectivity index (χ2v) is 25.4. The van der Waals surface area contributed by atoms with E-state index in [1.807, 2.05) is 30.3 Å². The van der Waals surface area contributed by atoms with Crippen LogP contribution in [-0.2, 0) is 26.5 Å². The summed E-state index contributed by atoms with van der Waals surface area (Å²) in [6, 6.07) is 53.6. The summed E-state index contributed by atoms with van der Waals surface area (Å²) < 4.78 is 8.83. The molecule has 3 fully saturated rings. The molecule has 6 aromatic carbocycles. The van der Waals surface area contributed by atoms with E-state index in [0.29, 0.717) is 11.8 Å². The second kappa shape index (κ2) is 19.1. The van der Waals surface area contributed by atoms with Crippen molar-refractivity contribution < 1.29 is 24.5 Å². The van der Waals surface area contributed by atoms with Gasteiger partial charge in [0.2, 0.25) is 0 Å². The minimum Gasteiger partial charge on any atom is -0.501 e. The third kappa shape index (κ3) is 8.93. The zero-order valence-corrected chi connectivity index (χ0v) is 42.9. The van der Waals surface area contributed by atoms with Crippen LogP contribution in [0.1, 0.15) is 88.3 Å². The summed E-state index contributed by atoms with van der Waals surface area (Å²) in [5.41, 5.74) is 14.7. The molecule has 3 aliphatic carbocycles. The van der Waals surface area contributed by atoms with Gasteiger partial charge in [-0.3, -0.25) is 4.98 Å². The van der Waals surface area contributed by atoms with Crippen LogP contribution in [0.5, 0.6) is 0 Å². The van der Waals surface area contributed by atoms with Crippen LogP contribution in [0.25, 0.3) is 72.4 Å². The van der Waals surface area contributed by atoms with Crippen LogP contribution in [0, 0.1) is 29.9 Å². The number of imidazole rings is 1. The molecule has 0 saturated heterocycles. The van der Waals surface area contributed by atoms with Crippen molar-refractivity contribution in [2.24, 2.45) is 17.8 Å². The topological polar surface area (TPSA) is 43.9 Å². The Bertz CT molecular complexity index is 3090. The van der Waals surface area contributed by atoms with Gasteiger partial charge in [0.05, 0.1) is 30.5 Å². The fourth-order valence-electron chi connectivity index (χ4n) is 11.0. The van der Waals surface area contributed by atoms with Crippen LogP contribution in [0.4, 0.5) is 0 Å². The number of benzene rings is 6. The van der Waals surface area contributed by atoms with Crippen molar-refractivity contribution in [1.82, 2.24) is 14.5 Å². The third-order valence-electron chi connectivity index (χ3n) is 14.3. The van der Waals surface area contributed by atoms with Gasteiger partial charge in [-0.25, -0.2) is 0 Å². The molecule has 0 spiro atoms. The molecule has 1 atom stereocenters. The number of pyridine rings is 1. The maximum absolute atomic E-state index is 6.47. The predicted molar refractivity (Wildman–Crippen MR) is 275 cm³/mol. The van der Waals surface area contributed by atoms with E-state index in [2.05, 4.69) is 173 Å². The first-order chi connectivity index (χ1) is 31.5. The number of fused-ring (bicyclic) bond motifs is 7. The first-order valence-corrected chi connectivity index (χ1v) is 27.5. The SMILES string of the molecule is CC(C)c1cc(-c2ccccc2)cc(C(C)C)c1-n1c(-c2[c-]ccc3c2oc2ccccc23)nc2ccccc21.C[Si](C)(C)c1cnc(-c2[c-]cccc2)cc1CC1CC2CCC1CC2.[Ir]. The van der Waals surface area contributed by atoms with Crippen molar-refractivity contribution >= 4 is 46.2 Å². The van der Waals surface area contributed by atoms with Gasteiger partial charge in [-0.1, -0.05) is 143 Å². The normalized spacial score (nSPS) is 17.1. The van der Waals surface area contributed by atoms with Crippen LogP contribution >= 0.6 is 0 Å². The van der Waals surface area contributed by atoms with Crippen molar-refractivity contribution in [2.45, 2.75) is 97.7 Å². The Balaban J connectivity index is 0.000000181. The van der Waals surface area contributed by atoms with Gasteiger partial charge in [-0.05, 0) is 119 Å². The Labute approximate surface area is 406 Å². The molecule has 0 N–H and O–H groups in total. The molecule has 0 aliphatic heterocycles. The van der Waals surface area contributed by atoms with Gasteiger partial charge in [0.15, 0.2) is 0 Å². The molecule has 9 aromatic rings. The number of aromatic nitrogens is 3.